The number of anilines is 1. The number of hydrogen-bond donors (Lipinski definition) is 3. The summed E-state index contributed by atoms with van der Waals surface area (Å²) < 4.78 is 0. The van der Waals surface area contributed by atoms with Crippen molar-refractivity contribution in [3.63, 3.8) is 0 Å². The molecule has 1 saturated carbocycles. The fraction of sp³-hybridized carbons (Fsp3) is 0.564. The fourth-order valence-corrected chi connectivity index (χ4v) is 8.33. The first-order chi connectivity index (χ1) is 23.5. The number of benzene rings is 1. The monoisotopic (exact) mass is 687 g/mol. The van der Waals surface area contributed by atoms with E-state index >= 15 is 0 Å². The molecule has 10 heteroatoms. The van der Waals surface area contributed by atoms with E-state index in [1.54, 1.807) is 6.07 Å². The summed E-state index contributed by atoms with van der Waals surface area (Å²) in [6.07, 6.45) is 14.8. The normalized spacial score (nSPS) is 19.3. The number of nitrogens with zero attached hydrogens (tertiary/aromatic N) is 3. The molecule has 1 aliphatic heterocycles. The van der Waals surface area contributed by atoms with Crippen LogP contribution in [0.4, 0.5) is 5.69 Å². The van der Waals surface area contributed by atoms with Crippen molar-refractivity contribution in [3.8, 4) is 11.4 Å². The third-order valence-corrected chi connectivity index (χ3v) is 11.8. The third-order valence-electron chi connectivity index (χ3n) is 10.3. The van der Waals surface area contributed by atoms with Gasteiger partial charge in [0.05, 0.1) is 29.4 Å². The lowest BCUT2D eigenvalue weighted by molar-refractivity contribution is -0.137. The molecule has 2 fully saturated rings. The Bertz CT molecular complexity index is 1530. The van der Waals surface area contributed by atoms with Crippen LogP contribution in [0.5, 0.6) is 0 Å². The Morgan fingerprint density at radius 3 is 2.18 bits per heavy atom. The molecule has 9 nitrogen and oxygen atoms in total. The van der Waals surface area contributed by atoms with Crippen LogP contribution in [0.15, 0.2) is 48.8 Å². The minimum atomic E-state index is -1.00. The van der Waals surface area contributed by atoms with E-state index in [0.29, 0.717) is 10.7 Å². The summed E-state index contributed by atoms with van der Waals surface area (Å²) in [5.74, 6) is 1.59. The van der Waals surface area contributed by atoms with Crippen LogP contribution in [0, 0.1) is 17.8 Å². The van der Waals surface area contributed by atoms with Crippen molar-refractivity contribution in [2.75, 3.05) is 24.5 Å². The number of carbonyl (C=O) groups is 3. The average Bonchev–Trinajstić information content (AvgIpc) is 3.61. The molecule has 1 aromatic carbocycles. The van der Waals surface area contributed by atoms with Gasteiger partial charge in [0.15, 0.2) is 5.82 Å². The molecule has 1 aliphatic carbocycles. The number of amides is 2. The van der Waals surface area contributed by atoms with Gasteiger partial charge in [-0.1, -0.05) is 77.6 Å². The maximum atomic E-state index is 13.2. The first-order valence-electron chi connectivity index (χ1n) is 18.1. The van der Waals surface area contributed by atoms with Gasteiger partial charge in [-0.25, -0.2) is 9.97 Å². The number of hydrogen-bond acceptors (Lipinski definition) is 7. The first-order valence-corrected chi connectivity index (χ1v) is 18.9. The van der Waals surface area contributed by atoms with Gasteiger partial charge in [-0.3, -0.25) is 14.4 Å². The molecule has 0 spiro atoms. The first kappa shape index (κ1) is 36.5. The van der Waals surface area contributed by atoms with Crippen molar-refractivity contribution in [2.45, 2.75) is 103 Å². The third kappa shape index (κ3) is 10.1. The molecule has 264 valence electrons. The predicted molar refractivity (Wildman–Crippen MR) is 196 cm³/mol. The van der Waals surface area contributed by atoms with E-state index in [2.05, 4.69) is 43.2 Å². The average molecular weight is 688 g/mol. The fourth-order valence-electron chi connectivity index (χ4n) is 7.36. The quantitative estimate of drug-likeness (QED) is 0.173. The van der Waals surface area contributed by atoms with Gasteiger partial charge >= 0.3 is 5.97 Å². The maximum Gasteiger partial charge on any atom is 0.305 e. The number of aliphatic carboxylic acids is 1. The molecular weight excluding hydrogens is 635 g/mol. The Labute approximate surface area is 295 Å². The van der Waals surface area contributed by atoms with Gasteiger partial charge in [-0.15, -0.1) is 11.3 Å². The minimum Gasteiger partial charge on any atom is -0.481 e. The maximum absolute atomic E-state index is 13.2. The van der Waals surface area contributed by atoms with E-state index < -0.39 is 17.9 Å². The zero-order chi connectivity index (χ0) is 35.0. The van der Waals surface area contributed by atoms with Crippen molar-refractivity contribution in [3.05, 3.63) is 64.1 Å². The molecule has 1 saturated heterocycles. The highest BCUT2D eigenvalue weighted by atomic mass is 32.1. The smallest absolute Gasteiger partial charge is 0.305 e. The van der Waals surface area contributed by atoms with Gasteiger partial charge in [-0.2, -0.15) is 0 Å². The number of aromatic nitrogens is 2. The second-order valence-electron chi connectivity index (χ2n) is 14.9. The molecule has 49 heavy (non-hydrogen) atoms. The Kier molecular flexibility index (Phi) is 12.5. The number of carbonyl (C=O) groups excluding carboxylic acids is 2. The number of carboxylic acids is 1. The molecule has 3 heterocycles. The van der Waals surface area contributed by atoms with Crippen LogP contribution in [0.2, 0.25) is 0 Å². The van der Waals surface area contributed by atoms with E-state index in [-0.39, 0.29) is 30.7 Å². The largest absolute Gasteiger partial charge is 0.481 e. The Hall–Kier alpha value is -3.79. The summed E-state index contributed by atoms with van der Waals surface area (Å²) in [4.78, 5) is 50.7. The second-order valence-corrected chi connectivity index (χ2v) is 16.0. The van der Waals surface area contributed by atoms with Crippen molar-refractivity contribution < 1.29 is 19.5 Å². The molecule has 3 aromatic rings. The van der Waals surface area contributed by atoms with E-state index in [9.17, 15) is 14.4 Å². The molecule has 0 radical (unpaired) electrons. The number of piperidine rings is 1. The Morgan fingerprint density at radius 1 is 0.939 bits per heavy atom. The predicted octanol–water partition coefficient (Wildman–Crippen LogP) is 7.26. The lowest BCUT2D eigenvalue weighted by Gasteiger charge is -2.39. The number of carboxylic acid groups (broad SMARTS) is 1. The van der Waals surface area contributed by atoms with Crippen molar-refractivity contribution in [1.29, 1.82) is 0 Å². The highest BCUT2D eigenvalue weighted by molar-refractivity contribution is 7.14. The number of rotatable bonds is 13. The highest BCUT2D eigenvalue weighted by Crippen LogP contribution is 2.39. The number of thiophene rings is 1. The molecule has 1 atom stereocenters. The molecule has 0 unspecified atom stereocenters. The minimum absolute atomic E-state index is 0.0159. The molecular formula is C39H53N5O4S. The van der Waals surface area contributed by atoms with Crippen molar-refractivity contribution in [1.82, 2.24) is 20.6 Å². The molecule has 2 amide bonds. The summed E-state index contributed by atoms with van der Waals surface area (Å²) in [7, 11) is 0. The van der Waals surface area contributed by atoms with Gasteiger partial charge in [0.1, 0.15) is 6.04 Å². The van der Waals surface area contributed by atoms with Crippen LogP contribution in [0.1, 0.15) is 106 Å². The Balaban J connectivity index is 1.17. The molecule has 3 N–H and O–H groups in total. The second kappa shape index (κ2) is 16.7. The summed E-state index contributed by atoms with van der Waals surface area (Å²) in [6.45, 7) is 10.7. The zero-order valence-electron chi connectivity index (χ0n) is 29.5. The summed E-state index contributed by atoms with van der Waals surface area (Å²) in [6, 6.07) is 10.5. The lowest BCUT2D eigenvalue weighted by Crippen LogP contribution is -2.48. The summed E-state index contributed by atoms with van der Waals surface area (Å²) in [5, 5.41) is 14.5. The van der Waals surface area contributed by atoms with Crippen molar-refractivity contribution in [2.24, 2.45) is 17.8 Å². The lowest BCUT2D eigenvalue weighted by atomic mass is 9.72. The molecule has 5 rings (SSSR count). The molecule has 2 aliphatic rings. The van der Waals surface area contributed by atoms with Gasteiger partial charge in [-0.05, 0) is 66.5 Å². The SMILES string of the molecule is CCCC1CCC(C2CCN(c3cnc(-c4ccc(C[C@H](NC(=O)c5ccc(C(C)(C)C)s5)C(=O)NCCC(=O)O)cc4)nc3)CC2)CC1. The van der Waals surface area contributed by atoms with E-state index in [0.717, 1.165) is 52.5 Å². The van der Waals surface area contributed by atoms with E-state index in [1.807, 2.05) is 42.7 Å². The van der Waals surface area contributed by atoms with Gasteiger partial charge in [0, 0.05) is 36.5 Å². The van der Waals surface area contributed by atoms with Crippen LogP contribution >= 0.6 is 11.3 Å². The van der Waals surface area contributed by atoms with Crippen molar-refractivity contribution >= 4 is 34.8 Å². The highest BCUT2D eigenvalue weighted by Gasteiger charge is 2.30. The van der Waals surface area contributed by atoms with Crippen LogP contribution in [0.25, 0.3) is 11.4 Å². The van der Waals surface area contributed by atoms with E-state index in [4.69, 9.17) is 15.1 Å². The van der Waals surface area contributed by atoms with Gasteiger partial charge < -0.3 is 20.6 Å². The summed E-state index contributed by atoms with van der Waals surface area (Å²) in [5.41, 5.74) is 2.69. The van der Waals surface area contributed by atoms with Gasteiger partial charge in [0.25, 0.3) is 5.91 Å². The van der Waals surface area contributed by atoms with Crippen LogP contribution in [0.3, 0.4) is 0 Å². The number of nitrogens with one attached hydrogen (secondary N) is 2. The topological polar surface area (TPSA) is 125 Å². The summed E-state index contributed by atoms with van der Waals surface area (Å²) >= 11 is 1.41. The molecule has 2 aromatic heterocycles. The zero-order valence-corrected chi connectivity index (χ0v) is 30.4. The van der Waals surface area contributed by atoms with Gasteiger partial charge in [0.2, 0.25) is 5.91 Å². The van der Waals surface area contributed by atoms with Crippen LogP contribution in [-0.2, 0) is 21.4 Å². The molecule has 0 bridgehead atoms. The Morgan fingerprint density at radius 2 is 1.59 bits per heavy atom. The standard InChI is InChI=1S/C39H53N5O4S/c1-5-6-26-7-11-28(12-8-26)29-18-21-44(22-19-29)31-24-41-36(42-25-31)30-13-9-27(10-14-30)23-32(37(47)40-20-17-35(45)46)43-38(48)33-15-16-34(49-33)39(2,3)4/h9-10,13-16,24-26,28-29,32H,5-8,11-12,17-23H2,1-4H3,(H,40,47)(H,43,48)(H,45,46)/t26?,28?,32-/m0/s1. The van der Waals surface area contributed by atoms with Crippen LogP contribution in [-0.4, -0.2) is 58.5 Å². The van der Waals surface area contributed by atoms with E-state index in [1.165, 1.54) is 62.7 Å². The van der Waals surface area contributed by atoms with Crippen LogP contribution < -0.4 is 15.5 Å².